The van der Waals surface area contributed by atoms with Crippen LogP contribution >= 0.6 is 0 Å². The highest BCUT2D eigenvalue weighted by Crippen LogP contribution is 1.98. The summed E-state index contributed by atoms with van der Waals surface area (Å²) in [6.45, 7) is 1.51. The van der Waals surface area contributed by atoms with Crippen LogP contribution in [0.2, 0.25) is 0 Å². The summed E-state index contributed by atoms with van der Waals surface area (Å²) in [5.41, 5.74) is 0. The SMILES string of the molecule is CCC(O)CCOCC(F)F. The van der Waals surface area contributed by atoms with Crippen LogP contribution in [0, 0.1) is 0 Å². The van der Waals surface area contributed by atoms with E-state index in [0.29, 0.717) is 12.8 Å². The molecule has 0 radical (unpaired) electrons. The van der Waals surface area contributed by atoms with Gasteiger partial charge in [-0.2, -0.15) is 0 Å². The van der Waals surface area contributed by atoms with Gasteiger partial charge in [-0.25, -0.2) is 8.78 Å². The molecule has 1 atom stereocenters. The third-order valence-corrected chi connectivity index (χ3v) is 1.31. The number of alkyl halides is 2. The van der Waals surface area contributed by atoms with E-state index < -0.39 is 19.1 Å². The average molecular weight is 168 g/mol. The largest absolute Gasteiger partial charge is 0.393 e. The molecule has 0 amide bonds. The van der Waals surface area contributed by atoms with Crippen molar-refractivity contribution in [2.24, 2.45) is 0 Å². The number of halogens is 2. The fourth-order valence-corrected chi connectivity index (χ4v) is 0.596. The van der Waals surface area contributed by atoms with Crippen molar-refractivity contribution in [3.05, 3.63) is 0 Å². The van der Waals surface area contributed by atoms with E-state index >= 15 is 0 Å². The van der Waals surface area contributed by atoms with Crippen molar-refractivity contribution in [3.8, 4) is 0 Å². The Labute approximate surface area is 65.2 Å². The molecule has 2 nitrogen and oxygen atoms in total. The van der Waals surface area contributed by atoms with E-state index in [2.05, 4.69) is 4.74 Å². The van der Waals surface area contributed by atoms with Crippen LogP contribution < -0.4 is 0 Å². The zero-order chi connectivity index (χ0) is 8.69. The van der Waals surface area contributed by atoms with Crippen molar-refractivity contribution in [1.82, 2.24) is 0 Å². The Hall–Kier alpha value is -0.220. The van der Waals surface area contributed by atoms with Crippen LogP contribution in [0.4, 0.5) is 8.78 Å². The van der Waals surface area contributed by atoms with E-state index in [4.69, 9.17) is 5.11 Å². The predicted molar refractivity (Wildman–Crippen MR) is 37.7 cm³/mol. The summed E-state index contributed by atoms with van der Waals surface area (Å²) in [4.78, 5) is 0. The predicted octanol–water partition coefficient (Wildman–Crippen LogP) is 1.43. The molecule has 0 aromatic carbocycles. The first-order chi connectivity index (χ1) is 5.16. The second kappa shape index (κ2) is 6.49. The zero-order valence-electron chi connectivity index (χ0n) is 6.59. The van der Waals surface area contributed by atoms with Crippen molar-refractivity contribution in [2.45, 2.75) is 32.3 Å². The number of aliphatic hydroxyl groups excluding tert-OH is 1. The molecule has 0 fully saturated rings. The van der Waals surface area contributed by atoms with Gasteiger partial charge in [0.15, 0.2) is 0 Å². The summed E-state index contributed by atoms with van der Waals surface area (Å²) in [7, 11) is 0. The van der Waals surface area contributed by atoms with Gasteiger partial charge in [-0.3, -0.25) is 0 Å². The second-order valence-electron chi connectivity index (χ2n) is 2.32. The van der Waals surface area contributed by atoms with Crippen molar-refractivity contribution in [2.75, 3.05) is 13.2 Å². The van der Waals surface area contributed by atoms with Gasteiger partial charge in [-0.15, -0.1) is 0 Å². The van der Waals surface area contributed by atoms with Gasteiger partial charge in [-0.1, -0.05) is 6.92 Å². The standard InChI is InChI=1S/C7H14F2O2/c1-2-6(10)3-4-11-5-7(8)9/h6-7,10H,2-5H2,1H3. The molecule has 1 N–H and O–H groups in total. The van der Waals surface area contributed by atoms with Crippen molar-refractivity contribution in [1.29, 1.82) is 0 Å². The Balaban J connectivity index is 3.01. The van der Waals surface area contributed by atoms with E-state index in [0.717, 1.165) is 0 Å². The monoisotopic (exact) mass is 168 g/mol. The molecule has 0 heterocycles. The number of aliphatic hydroxyl groups is 1. The fourth-order valence-electron chi connectivity index (χ4n) is 0.596. The van der Waals surface area contributed by atoms with E-state index in [1.807, 2.05) is 6.92 Å². The topological polar surface area (TPSA) is 29.5 Å². The number of rotatable bonds is 6. The lowest BCUT2D eigenvalue weighted by molar-refractivity contribution is 0.00474. The van der Waals surface area contributed by atoms with Gasteiger partial charge in [-0.05, 0) is 12.8 Å². The number of ether oxygens (including phenoxy) is 1. The first-order valence-electron chi connectivity index (χ1n) is 3.70. The van der Waals surface area contributed by atoms with Gasteiger partial charge in [0, 0.05) is 6.61 Å². The lowest BCUT2D eigenvalue weighted by atomic mass is 10.2. The van der Waals surface area contributed by atoms with Crippen LogP contribution in [0.5, 0.6) is 0 Å². The van der Waals surface area contributed by atoms with Gasteiger partial charge in [0.2, 0.25) is 0 Å². The summed E-state index contributed by atoms with van der Waals surface area (Å²) in [6, 6.07) is 0. The van der Waals surface area contributed by atoms with Gasteiger partial charge in [0.25, 0.3) is 6.43 Å². The fraction of sp³-hybridized carbons (Fsp3) is 1.00. The number of hydrogen-bond acceptors (Lipinski definition) is 2. The third kappa shape index (κ3) is 7.68. The highest BCUT2D eigenvalue weighted by Gasteiger charge is 2.03. The van der Waals surface area contributed by atoms with E-state index in [9.17, 15) is 8.78 Å². The van der Waals surface area contributed by atoms with Crippen LogP contribution in [0.25, 0.3) is 0 Å². The van der Waals surface area contributed by atoms with Gasteiger partial charge in [0.05, 0.1) is 6.10 Å². The Bertz CT molecular complexity index is 88.5. The quantitative estimate of drug-likeness (QED) is 0.608. The first kappa shape index (κ1) is 10.8. The Morgan fingerprint density at radius 3 is 2.55 bits per heavy atom. The molecule has 0 aliphatic heterocycles. The van der Waals surface area contributed by atoms with E-state index in [1.54, 1.807) is 0 Å². The summed E-state index contributed by atoms with van der Waals surface area (Å²) < 4.78 is 27.5. The normalized spacial score (nSPS) is 13.9. The molecule has 0 aliphatic carbocycles. The molecule has 0 aromatic heterocycles. The maximum absolute atomic E-state index is 11.5. The zero-order valence-corrected chi connectivity index (χ0v) is 6.59. The van der Waals surface area contributed by atoms with Crippen molar-refractivity contribution in [3.63, 3.8) is 0 Å². The highest BCUT2D eigenvalue weighted by atomic mass is 19.3. The molecular formula is C7H14F2O2. The molecule has 4 heteroatoms. The number of hydrogen-bond donors (Lipinski definition) is 1. The Kier molecular flexibility index (Phi) is 6.36. The van der Waals surface area contributed by atoms with Crippen LogP contribution in [0.1, 0.15) is 19.8 Å². The minimum absolute atomic E-state index is 0.208. The molecular weight excluding hydrogens is 154 g/mol. The first-order valence-corrected chi connectivity index (χ1v) is 3.70. The van der Waals surface area contributed by atoms with Crippen LogP contribution in [0.15, 0.2) is 0 Å². The van der Waals surface area contributed by atoms with Crippen LogP contribution in [-0.4, -0.2) is 30.8 Å². The Morgan fingerprint density at radius 2 is 2.09 bits per heavy atom. The minimum Gasteiger partial charge on any atom is -0.393 e. The van der Waals surface area contributed by atoms with Gasteiger partial charge < -0.3 is 9.84 Å². The second-order valence-corrected chi connectivity index (χ2v) is 2.32. The molecule has 0 spiro atoms. The molecule has 0 saturated heterocycles. The van der Waals surface area contributed by atoms with E-state index in [-0.39, 0.29) is 6.61 Å². The van der Waals surface area contributed by atoms with Crippen molar-refractivity contribution >= 4 is 0 Å². The summed E-state index contributed by atoms with van der Waals surface area (Å²) >= 11 is 0. The summed E-state index contributed by atoms with van der Waals surface area (Å²) in [5, 5.41) is 8.96. The molecule has 0 saturated carbocycles. The van der Waals surface area contributed by atoms with Gasteiger partial charge in [0.1, 0.15) is 6.61 Å². The molecule has 0 aliphatic rings. The van der Waals surface area contributed by atoms with E-state index in [1.165, 1.54) is 0 Å². The summed E-state index contributed by atoms with van der Waals surface area (Å²) in [5.74, 6) is 0. The van der Waals surface area contributed by atoms with Gasteiger partial charge >= 0.3 is 0 Å². The molecule has 68 valence electrons. The lowest BCUT2D eigenvalue weighted by Crippen LogP contribution is -2.11. The highest BCUT2D eigenvalue weighted by molar-refractivity contribution is 4.50. The third-order valence-electron chi connectivity index (χ3n) is 1.31. The molecule has 1 unspecified atom stereocenters. The van der Waals surface area contributed by atoms with Crippen molar-refractivity contribution < 1.29 is 18.6 Å². The molecule has 11 heavy (non-hydrogen) atoms. The Morgan fingerprint density at radius 1 is 1.45 bits per heavy atom. The smallest absolute Gasteiger partial charge is 0.261 e. The average Bonchev–Trinajstić information content (AvgIpc) is 1.97. The summed E-state index contributed by atoms with van der Waals surface area (Å²) in [6.07, 6.45) is -1.76. The maximum atomic E-state index is 11.5. The molecule has 0 aromatic rings. The molecule has 0 bridgehead atoms. The maximum Gasteiger partial charge on any atom is 0.261 e. The molecule has 0 rings (SSSR count). The minimum atomic E-state index is -2.41. The lowest BCUT2D eigenvalue weighted by Gasteiger charge is -2.07. The van der Waals surface area contributed by atoms with Crippen LogP contribution in [0.3, 0.4) is 0 Å². The van der Waals surface area contributed by atoms with Crippen LogP contribution in [-0.2, 0) is 4.74 Å².